The number of rotatable bonds is 2. The summed E-state index contributed by atoms with van der Waals surface area (Å²) in [6.07, 6.45) is 1.71. The van der Waals surface area contributed by atoms with Crippen LogP contribution in [0.5, 0.6) is 0 Å². The average molecular weight is 301 g/mol. The SMILES string of the molecule is O=C1c2ccccc2CC1Cc1ccc(Br)cc1. The summed E-state index contributed by atoms with van der Waals surface area (Å²) in [5.74, 6) is 0.414. The first-order valence-corrected chi connectivity index (χ1v) is 6.90. The van der Waals surface area contributed by atoms with Gasteiger partial charge in [-0.1, -0.05) is 52.3 Å². The minimum absolute atomic E-state index is 0.114. The van der Waals surface area contributed by atoms with E-state index in [2.05, 4.69) is 34.1 Å². The minimum Gasteiger partial charge on any atom is -0.294 e. The average Bonchev–Trinajstić information content (AvgIpc) is 2.70. The molecule has 0 aliphatic heterocycles. The van der Waals surface area contributed by atoms with Crippen molar-refractivity contribution >= 4 is 21.7 Å². The predicted molar refractivity (Wildman–Crippen MR) is 75.8 cm³/mol. The van der Waals surface area contributed by atoms with Gasteiger partial charge in [-0.15, -0.1) is 0 Å². The zero-order valence-electron chi connectivity index (χ0n) is 9.90. The van der Waals surface area contributed by atoms with Crippen LogP contribution in [0.2, 0.25) is 0 Å². The van der Waals surface area contributed by atoms with Crippen LogP contribution in [0.4, 0.5) is 0 Å². The summed E-state index contributed by atoms with van der Waals surface area (Å²) >= 11 is 3.43. The van der Waals surface area contributed by atoms with Crippen molar-refractivity contribution in [2.24, 2.45) is 5.92 Å². The zero-order valence-corrected chi connectivity index (χ0v) is 11.5. The number of halogens is 1. The minimum atomic E-state index is 0.114. The Hall–Kier alpha value is -1.41. The van der Waals surface area contributed by atoms with Gasteiger partial charge in [-0.05, 0) is 36.1 Å². The van der Waals surface area contributed by atoms with Crippen LogP contribution in [-0.4, -0.2) is 5.78 Å². The maximum Gasteiger partial charge on any atom is 0.166 e. The summed E-state index contributed by atoms with van der Waals surface area (Å²) < 4.78 is 1.08. The molecule has 90 valence electrons. The molecule has 1 atom stereocenters. The van der Waals surface area contributed by atoms with Crippen molar-refractivity contribution < 1.29 is 4.79 Å². The Labute approximate surface area is 115 Å². The van der Waals surface area contributed by atoms with E-state index < -0.39 is 0 Å². The quantitative estimate of drug-likeness (QED) is 0.818. The second kappa shape index (κ2) is 4.69. The van der Waals surface area contributed by atoms with Gasteiger partial charge in [-0.3, -0.25) is 4.79 Å². The molecule has 1 aliphatic rings. The van der Waals surface area contributed by atoms with Crippen LogP contribution >= 0.6 is 15.9 Å². The van der Waals surface area contributed by atoms with Crippen LogP contribution in [0.3, 0.4) is 0 Å². The van der Waals surface area contributed by atoms with Crippen molar-refractivity contribution in [3.63, 3.8) is 0 Å². The fourth-order valence-electron chi connectivity index (χ4n) is 2.59. The fourth-order valence-corrected chi connectivity index (χ4v) is 2.85. The molecule has 3 rings (SSSR count). The lowest BCUT2D eigenvalue weighted by atomic mass is 9.96. The first-order valence-electron chi connectivity index (χ1n) is 6.10. The van der Waals surface area contributed by atoms with E-state index in [1.165, 1.54) is 11.1 Å². The van der Waals surface area contributed by atoms with Crippen LogP contribution in [0.25, 0.3) is 0 Å². The summed E-state index contributed by atoms with van der Waals surface area (Å²) in [6.45, 7) is 0. The molecular formula is C16H13BrO. The van der Waals surface area contributed by atoms with E-state index in [9.17, 15) is 4.79 Å². The van der Waals surface area contributed by atoms with Gasteiger partial charge in [0, 0.05) is 16.0 Å². The second-order valence-corrected chi connectivity index (χ2v) is 5.67. The number of hydrogen-bond donors (Lipinski definition) is 0. The van der Waals surface area contributed by atoms with Crippen molar-refractivity contribution in [1.82, 2.24) is 0 Å². The molecule has 1 aliphatic carbocycles. The fraction of sp³-hybridized carbons (Fsp3) is 0.188. The van der Waals surface area contributed by atoms with Gasteiger partial charge in [-0.25, -0.2) is 0 Å². The number of benzene rings is 2. The molecule has 0 heterocycles. The highest BCUT2D eigenvalue weighted by Gasteiger charge is 2.29. The third-order valence-corrected chi connectivity index (χ3v) is 4.04. The molecular weight excluding hydrogens is 288 g/mol. The van der Waals surface area contributed by atoms with E-state index in [1.807, 2.05) is 30.3 Å². The lowest BCUT2D eigenvalue weighted by molar-refractivity contribution is 0.0936. The lowest BCUT2D eigenvalue weighted by Crippen LogP contribution is -2.12. The van der Waals surface area contributed by atoms with Gasteiger partial charge in [0.15, 0.2) is 5.78 Å². The molecule has 0 amide bonds. The number of carbonyl (C=O) groups is 1. The van der Waals surface area contributed by atoms with E-state index in [1.54, 1.807) is 0 Å². The molecule has 18 heavy (non-hydrogen) atoms. The summed E-state index contributed by atoms with van der Waals surface area (Å²) in [5, 5.41) is 0. The molecule has 2 aromatic rings. The Bertz CT molecular complexity index is 586. The molecule has 1 unspecified atom stereocenters. The van der Waals surface area contributed by atoms with Gasteiger partial charge in [-0.2, -0.15) is 0 Å². The molecule has 0 saturated carbocycles. The Morgan fingerprint density at radius 3 is 2.50 bits per heavy atom. The number of hydrogen-bond acceptors (Lipinski definition) is 1. The number of ketones is 1. The van der Waals surface area contributed by atoms with Gasteiger partial charge in [0.05, 0.1) is 0 Å². The van der Waals surface area contributed by atoms with Crippen molar-refractivity contribution in [3.05, 3.63) is 69.7 Å². The smallest absolute Gasteiger partial charge is 0.166 e. The monoisotopic (exact) mass is 300 g/mol. The van der Waals surface area contributed by atoms with E-state index in [0.29, 0.717) is 5.78 Å². The highest BCUT2D eigenvalue weighted by molar-refractivity contribution is 9.10. The zero-order chi connectivity index (χ0) is 12.5. The Balaban J connectivity index is 1.81. The topological polar surface area (TPSA) is 17.1 Å². The molecule has 2 aromatic carbocycles. The summed E-state index contributed by atoms with van der Waals surface area (Å²) in [5.41, 5.74) is 3.34. The molecule has 0 bridgehead atoms. The maximum atomic E-state index is 12.3. The molecule has 0 radical (unpaired) electrons. The largest absolute Gasteiger partial charge is 0.294 e. The molecule has 0 aromatic heterocycles. The first kappa shape index (κ1) is 11.7. The standard InChI is InChI=1S/C16H13BrO/c17-14-7-5-11(6-8-14)9-13-10-12-3-1-2-4-15(12)16(13)18/h1-8,13H,9-10H2. The second-order valence-electron chi connectivity index (χ2n) is 4.75. The highest BCUT2D eigenvalue weighted by Crippen LogP contribution is 2.29. The van der Waals surface area contributed by atoms with Crippen LogP contribution in [-0.2, 0) is 12.8 Å². The van der Waals surface area contributed by atoms with E-state index in [4.69, 9.17) is 0 Å². The third kappa shape index (κ3) is 2.13. The molecule has 2 heteroatoms. The summed E-state index contributed by atoms with van der Waals surface area (Å²) in [7, 11) is 0. The highest BCUT2D eigenvalue weighted by atomic mass is 79.9. The lowest BCUT2D eigenvalue weighted by Gasteiger charge is -2.07. The summed E-state index contributed by atoms with van der Waals surface area (Å²) in [4.78, 5) is 12.3. The van der Waals surface area contributed by atoms with Gasteiger partial charge in [0.2, 0.25) is 0 Å². The first-order chi connectivity index (χ1) is 8.74. The van der Waals surface area contributed by atoms with E-state index in [-0.39, 0.29) is 5.92 Å². The number of Topliss-reactive ketones (excluding diaryl/α,β-unsaturated/α-hetero) is 1. The normalized spacial score (nSPS) is 17.8. The van der Waals surface area contributed by atoms with Crippen LogP contribution < -0.4 is 0 Å². The van der Waals surface area contributed by atoms with Crippen molar-refractivity contribution in [3.8, 4) is 0 Å². The Kier molecular flexibility index (Phi) is 3.04. The third-order valence-electron chi connectivity index (χ3n) is 3.52. The maximum absolute atomic E-state index is 12.3. The van der Waals surface area contributed by atoms with E-state index >= 15 is 0 Å². The van der Waals surface area contributed by atoms with E-state index in [0.717, 1.165) is 22.9 Å². The van der Waals surface area contributed by atoms with Crippen molar-refractivity contribution in [2.75, 3.05) is 0 Å². The van der Waals surface area contributed by atoms with Gasteiger partial charge in [0.25, 0.3) is 0 Å². The molecule has 0 fully saturated rings. The van der Waals surface area contributed by atoms with Crippen LogP contribution in [0.15, 0.2) is 53.0 Å². The molecule has 1 nitrogen and oxygen atoms in total. The number of carbonyl (C=O) groups excluding carboxylic acids is 1. The molecule has 0 N–H and O–H groups in total. The predicted octanol–water partition coefficient (Wildman–Crippen LogP) is 4.05. The number of fused-ring (bicyclic) bond motifs is 1. The molecule has 0 spiro atoms. The molecule has 0 saturated heterocycles. The van der Waals surface area contributed by atoms with Crippen molar-refractivity contribution in [1.29, 1.82) is 0 Å². The van der Waals surface area contributed by atoms with Crippen molar-refractivity contribution in [2.45, 2.75) is 12.8 Å². The van der Waals surface area contributed by atoms with Crippen LogP contribution in [0, 0.1) is 5.92 Å². The van der Waals surface area contributed by atoms with Gasteiger partial charge >= 0.3 is 0 Å². The Morgan fingerprint density at radius 2 is 1.78 bits per heavy atom. The van der Waals surface area contributed by atoms with Gasteiger partial charge < -0.3 is 0 Å². The van der Waals surface area contributed by atoms with Gasteiger partial charge in [0.1, 0.15) is 0 Å². The van der Waals surface area contributed by atoms with Crippen LogP contribution in [0.1, 0.15) is 21.5 Å². The summed E-state index contributed by atoms with van der Waals surface area (Å²) in [6, 6.07) is 16.2. The Morgan fingerprint density at radius 1 is 1.06 bits per heavy atom.